The summed E-state index contributed by atoms with van der Waals surface area (Å²) in [6.45, 7) is 2.26. The van der Waals surface area contributed by atoms with Crippen molar-refractivity contribution in [3.05, 3.63) is 18.0 Å². The smallest absolute Gasteiger partial charge is 0.0668 e. The van der Waals surface area contributed by atoms with Crippen LogP contribution < -0.4 is 5.32 Å². The Labute approximate surface area is 72.8 Å². The van der Waals surface area contributed by atoms with Gasteiger partial charge in [0, 0.05) is 25.7 Å². The lowest BCUT2D eigenvalue weighted by Gasteiger charge is -2.20. The minimum absolute atomic E-state index is 0.639. The van der Waals surface area contributed by atoms with Crippen LogP contribution in [0.25, 0.3) is 0 Å². The third kappa shape index (κ3) is 1.50. The molecule has 0 spiro atoms. The predicted octanol–water partition coefficient (Wildman–Crippen LogP) is 0.887. The standard InChI is InChI=1S/C9H15N3/c1-12-6-4-9(11-12)8-3-2-5-10-7-8/h4,6,8,10H,2-3,5,7H2,1H3/t8-/m1/s1. The fourth-order valence-electron chi connectivity index (χ4n) is 1.76. The van der Waals surface area contributed by atoms with Crippen molar-refractivity contribution in [2.45, 2.75) is 18.8 Å². The molecular formula is C9H15N3. The molecule has 1 aliphatic rings. The molecule has 0 aliphatic carbocycles. The molecule has 1 saturated heterocycles. The number of hydrogen-bond donors (Lipinski definition) is 1. The molecule has 1 aliphatic heterocycles. The number of nitrogens with one attached hydrogen (secondary N) is 1. The van der Waals surface area contributed by atoms with Gasteiger partial charge in [-0.05, 0) is 25.5 Å². The minimum Gasteiger partial charge on any atom is -0.316 e. The Hall–Kier alpha value is -0.830. The van der Waals surface area contributed by atoms with Crippen LogP contribution in [0.15, 0.2) is 12.3 Å². The summed E-state index contributed by atoms with van der Waals surface area (Å²) in [5.41, 5.74) is 1.24. The number of nitrogens with zero attached hydrogens (tertiary/aromatic N) is 2. The van der Waals surface area contributed by atoms with E-state index in [-0.39, 0.29) is 0 Å². The average molecular weight is 165 g/mol. The van der Waals surface area contributed by atoms with E-state index >= 15 is 0 Å². The van der Waals surface area contributed by atoms with Crippen molar-refractivity contribution in [2.24, 2.45) is 7.05 Å². The second kappa shape index (κ2) is 3.27. The van der Waals surface area contributed by atoms with Gasteiger partial charge in [0.25, 0.3) is 0 Å². The quantitative estimate of drug-likeness (QED) is 0.669. The van der Waals surface area contributed by atoms with Crippen molar-refractivity contribution in [1.29, 1.82) is 0 Å². The van der Waals surface area contributed by atoms with Crippen LogP contribution >= 0.6 is 0 Å². The molecule has 66 valence electrons. The van der Waals surface area contributed by atoms with Gasteiger partial charge in [-0.15, -0.1) is 0 Å². The highest BCUT2D eigenvalue weighted by Gasteiger charge is 2.16. The molecule has 12 heavy (non-hydrogen) atoms. The Morgan fingerprint density at radius 1 is 1.67 bits per heavy atom. The Balaban J connectivity index is 2.08. The Kier molecular flexibility index (Phi) is 2.13. The van der Waals surface area contributed by atoms with E-state index in [1.54, 1.807) is 0 Å². The van der Waals surface area contributed by atoms with Gasteiger partial charge in [-0.1, -0.05) is 0 Å². The molecular weight excluding hydrogens is 150 g/mol. The summed E-state index contributed by atoms with van der Waals surface area (Å²) in [4.78, 5) is 0. The van der Waals surface area contributed by atoms with Crippen molar-refractivity contribution in [2.75, 3.05) is 13.1 Å². The molecule has 0 aromatic carbocycles. The van der Waals surface area contributed by atoms with Crippen LogP contribution in [0.1, 0.15) is 24.5 Å². The largest absolute Gasteiger partial charge is 0.316 e. The SMILES string of the molecule is Cn1ccc([C@@H]2CCCNC2)n1. The highest BCUT2D eigenvalue weighted by Crippen LogP contribution is 2.20. The van der Waals surface area contributed by atoms with Gasteiger partial charge in [0.05, 0.1) is 5.69 Å². The van der Waals surface area contributed by atoms with Crippen LogP contribution in [0.3, 0.4) is 0 Å². The molecule has 1 N–H and O–H groups in total. The lowest BCUT2D eigenvalue weighted by molar-refractivity contribution is 0.451. The summed E-state index contributed by atoms with van der Waals surface area (Å²) in [6.07, 6.45) is 4.58. The van der Waals surface area contributed by atoms with E-state index in [2.05, 4.69) is 16.5 Å². The van der Waals surface area contributed by atoms with Gasteiger partial charge >= 0.3 is 0 Å². The molecule has 1 fully saturated rings. The lowest BCUT2D eigenvalue weighted by Crippen LogP contribution is -2.28. The van der Waals surface area contributed by atoms with Gasteiger partial charge in [-0.3, -0.25) is 4.68 Å². The topological polar surface area (TPSA) is 29.9 Å². The summed E-state index contributed by atoms with van der Waals surface area (Å²) < 4.78 is 1.88. The van der Waals surface area contributed by atoms with Crippen LogP contribution in [-0.2, 0) is 7.05 Å². The van der Waals surface area contributed by atoms with E-state index < -0.39 is 0 Å². The molecule has 1 atom stereocenters. The zero-order chi connectivity index (χ0) is 8.39. The fraction of sp³-hybridized carbons (Fsp3) is 0.667. The fourth-order valence-corrected chi connectivity index (χ4v) is 1.76. The minimum atomic E-state index is 0.639. The summed E-state index contributed by atoms with van der Waals surface area (Å²) in [7, 11) is 1.97. The van der Waals surface area contributed by atoms with E-state index in [1.807, 2.05) is 17.9 Å². The average Bonchev–Trinajstić information content (AvgIpc) is 2.54. The van der Waals surface area contributed by atoms with Crippen molar-refractivity contribution >= 4 is 0 Å². The number of piperidine rings is 1. The Morgan fingerprint density at radius 2 is 2.58 bits per heavy atom. The third-order valence-electron chi connectivity index (χ3n) is 2.45. The van der Waals surface area contributed by atoms with Crippen LogP contribution in [0.2, 0.25) is 0 Å². The molecule has 0 saturated carbocycles. The van der Waals surface area contributed by atoms with Crippen molar-refractivity contribution in [3.8, 4) is 0 Å². The number of aryl methyl sites for hydroxylation is 1. The molecule has 0 amide bonds. The first kappa shape index (κ1) is 7.80. The summed E-state index contributed by atoms with van der Waals surface area (Å²) in [6, 6.07) is 2.12. The van der Waals surface area contributed by atoms with Crippen LogP contribution in [0.5, 0.6) is 0 Å². The van der Waals surface area contributed by atoms with E-state index in [4.69, 9.17) is 0 Å². The molecule has 1 aromatic rings. The first-order valence-electron chi connectivity index (χ1n) is 4.56. The molecule has 3 heteroatoms. The van der Waals surface area contributed by atoms with Crippen LogP contribution in [0.4, 0.5) is 0 Å². The predicted molar refractivity (Wildman–Crippen MR) is 48.1 cm³/mol. The Morgan fingerprint density at radius 3 is 3.17 bits per heavy atom. The summed E-state index contributed by atoms with van der Waals surface area (Å²) in [5, 5.41) is 7.80. The van der Waals surface area contributed by atoms with E-state index in [0.717, 1.165) is 6.54 Å². The molecule has 0 radical (unpaired) electrons. The van der Waals surface area contributed by atoms with Gasteiger partial charge in [0.2, 0.25) is 0 Å². The van der Waals surface area contributed by atoms with E-state index in [0.29, 0.717) is 5.92 Å². The Bertz CT molecular complexity index is 248. The van der Waals surface area contributed by atoms with Crippen molar-refractivity contribution < 1.29 is 0 Å². The maximum Gasteiger partial charge on any atom is 0.0668 e. The highest BCUT2D eigenvalue weighted by atomic mass is 15.2. The molecule has 1 aromatic heterocycles. The number of rotatable bonds is 1. The van der Waals surface area contributed by atoms with Gasteiger partial charge in [-0.25, -0.2) is 0 Å². The maximum atomic E-state index is 4.41. The van der Waals surface area contributed by atoms with Gasteiger partial charge in [0.1, 0.15) is 0 Å². The third-order valence-corrected chi connectivity index (χ3v) is 2.45. The van der Waals surface area contributed by atoms with Crippen LogP contribution in [-0.4, -0.2) is 22.9 Å². The monoisotopic (exact) mass is 165 g/mol. The van der Waals surface area contributed by atoms with Gasteiger partial charge in [0.15, 0.2) is 0 Å². The van der Waals surface area contributed by atoms with Crippen molar-refractivity contribution in [3.63, 3.8) is 0 Å². The van der Waals surface area contributed by atoms with Crippen molar-refractivity contribution in [1.82, 2.24) is 15.1 Å². The molecule has 2 heterocycles. The summed E-state index contributed by atoms with van der Waals surface area (Å²) in [5.74, 6) is 0.639. The molecule has 3 nitrogen and oxygen atoms in total. The molecule has 2 rings (SSSR count). The molecule has 0 bridgehead atoms. The van der Waals surface area contributed by atoms with Gasteiger partial charge < -0.3 is 5.32 Å². The zero-order valence-corrected chi connectivity index (χ0v) is 7.45. The molecule has 0 unspecified atom stereocenters. The van der Waals surface area contributed by atoms with Gasteiger partial charge in [-0.2, -0.15) is 5.10 Å². The number of hydrogen-bond acceptors (Lipinski definition) is 2. The van der Waals surface area contributed by atoms with E-state index in [9.17, 15) is 0 Å². The second-order valence-corrected chi connectivity index (χ2v) is 3.46. The zero-order valence-electron chi connectivity index (χ0n) is 7.45. The highest BCUT2D eigenvalue weighted by molar-refractivity contribution is 5.07. The second-order valence-electron chi connectivity index (χ2n) is 3.46. The maximum absolute atomic E-state index is 4.41. The summed E-state index contributed by atoms with van der Waals surface area (Å²) >= 11 is 0. The normalized spacial score (nSPS) is 24.2. The van der Waals surface area contributed by atoms with Crippen LogP contribution in [0, 0.1) is 0 Å². The first-order valence-corrected chi connectivity index (χ1v) is 4.56. The van der Waals surface area contributed by atoms with E-state index in [1.165, 1.54) is 25.1 Å². The lowest BCUT2D eigenvalue weighted by atomic mass is 9.97. The first-order chi connectivity index (χ1) is 5.86. The number of aromatic nitrogens is 2.